The molecule has 0 fully saturated rings. The van der Waals surface area contributed by atoms with E-state index in [0.29, 0.717) is 12.0 Å². The van der Waals surface area contributed by atoms with E-state index in [1.165, 1.54) is 5.56 Å². The number of aromatic nitrogens is 1. The number of nitrogens with one attached hydrogen (secondary N) is 1. The minimum absolute atomic E-state index is 0.0875. The third-order valence-corrected chi connectivity index (χ3v) is 4.51. The second-order valence-corrected chi connectivity index (χ2v) is 6.31. The summed E-state index contributed by atoms with van der Waals surface area (Å²) < 4.78 is 1.84. The number of nitrogens with zero attached hydrogens (tertiary/aromatic N) is 1. The fourth-order valence-corrected chi connectivity index (χ4v) is 2.96. The number of Topliss-reactive ketones (excluding diaryl/α,β-unsaturated/α-hetero) is 1. The van der Waals surface area contributed by atoms with Crippen LogP contribution in [-0.2, 0) is 11.3 Å². The molecule has 0 radical (unpaired) electrons. The SMILES string of the molecule is CCC(=O)c1cn(CC(=O)Nc2ccc(C)c(C)c2)c2ccccc12. The number of hydrogen-bond acceptors (Lipinski definition) is 2. The second-order valence-electron chi connectivity index (χ2n) is 6.31. The van der Waals surface area contributed by atoms with Crippen molar-refractivity contribution in [1.82, 2.24) is 4.57 Å². The third kappa shape index (κ3) is 3.48. The Balaban J connectivity index is 1.86. The highest BCUT2D eigenvalue weighted by Gasteiger charge is 2.15. The van der Waals surface area contributed by atoms with Crippen LogP contribution < -0.4 is 5.32 Å². The van der Waals surface area contributed by atoms with Crippen molar-refractivity contribution >= 4 is 28.3 Å². The third-order valence-electron chi connectivity index (χ3n) is 4.51. The molecule has 1 heterocycles. The summed E-state index contributed by atoms with van der Waals surface area (Å²) in [7, 11) is 0. The average molecular weight is 334 g/mol. The summed E-state index contributed by atoms with van der Waals surface area (Å²) in [5.74, 6) is -0.0241. The van der Waals surface area contributed by atoms with Gasteiger partial charge in [0.15, 0.2) is 5.78 Å². The van der Waals surface area contributed by atoms with E-state index in [4.69, 9.17) is 0 Å². The van der Waals surface area contributed by atoms with Crippen molar-refractivity contribution < 1.29 is 9.59 Å². The molecule has 0 aliphatic heterocycles. The topological polar surface area (TPSA) is 51.1 Å². The molecule has 0 spiro atoms. The summed E-state index contributed by atoms with van der Waals surface area (Å²) in [6, 6.07) is 13.6. The Bertz CT molecular complexity index is 954. The number of rotatable bonds is 5. The molecule has 0 aliphatic rings. The van der Waals surface area contributed by atoms with Crippen LogP contribution in [-0.4, -0.2) is 16.3 Å². The average Bonchev–Trinajstić information content (AvgIpc) is 2.96. The van der Waals surface area contributed by atoms with Gasteiger partial charge in [-0.15, -0.1) is 0 Å². The maximum Gasteiger partial charge on any atom is 0.244 e. The van der Waals surface area contributed by atoms with Crippen molar-refractivity contribution in [1.29, 1.82) is 0 Å². The fraction of sp³-hybridized carbons (Fsp3) is 0.238. The molecule has 0 aliphatic carbocycles. The Labute approximate surface area is 147 Å². The van der Waals surface area contributed by atoms with Crippen LogP contribution >= 0.6 is 0 Å². The van der Waals surface area contributed by atoms with Gasteiger partial charge in [0, 0.05) is 34.8 Å². The molecule has 2 aromatic carbocycles. The molecule has 3 rings (SSSR count). The Morgan fingerprint density at radius 3 is 2.52 bits per heavy atom. The van der Waals surface area contributed by atoms with Crippen LogP contribution in [0.4, 0.5) is 5.69 Å². The van der Waals surface area contributed by atoms with Gasteiger partial charge in [0.1, 0.15) is 6.54 Å². The standard InChI is InChI=1S/C21H22N2O2/c1-4-20(24)18-12-23(19-8-6-5-7-17(18)19)13-21(25)22-16-10-9-14(2)15(3)11-16/h5-12H,4,13H2,1-3H3,(H,22,25). The molecular formula is C21H22N2O2. The molecule has 0 unspecified atom stereocenters. The van der Waals surface area contributed by atoms with Crippen LogP contribution in [0.3, 0.4) is 0 Å². The van der Waals surface area contributed by atoms with Crippen molar-refractivity contribution in [3.05, 3.63) is 65.4 Å². The summed E-state index contributed by atoms with van der Waals surface area (Å²) >= 11 is 0. The molecule has 0 bridgehead atoms. The molecule has 128 valence electrons. The summed E-state index contributed by atoms with van der Waals surface area (Å²) in [5.41, 5.74) is 4.69. The summed E-state index contributed by atoms with van der Waals surface area (Å²) in [6.07, 6.45) is 2.24. The Morgan fingerprint density at radius 1 is 1.04 bits per heavy atom. The number of aryl methyl sites for hydroxylation is 2. The lowest BCUT2D eigenvalue weighted by Crippen LogP contribution is -2.18. The number of amides is 1. The van der Waals surface area contributed by atoms with E-state index in [1.807, 2.05) is 67.8 Å². The van der Waals surface area contributed by atoms with Crippen LogP contribution in [0.5, 0.6) is 0 Å². The maximum atomic E-state index is 12.5. The monoisotopic (exact) mass is 334 g/mol. The number of fused-ring (bicyclic) bond motifs is 1. The predicted octanol–water partition coefficient (Wildman–Crippen LogP) is 4.49. The van der Waals surface area contributed by atoms with Crippen molar-refractivity contribution in [2.75, 3.05) is 5.32 Å². The van der Waals surface area contributed by atoms with Crippen LogP contribution in [0.15, 0.2) is 48.7 Å². The Kier molecular flexibility index (Phi) is 4.70. The lowest BCUT2D eigenvalue weighted by Gasteiger charge is -2.09. The molecular weight excluding hydrogens is 312 g/mol. The van der Waals surface area contributed by atoms with Crippen molar-refractivity contribution in [3.63, 3.8) is 0 Å². The van der Waals surface area contributed by atoms with Gasteiger partial charge >= 0.3 is 0 Å². The smallest absolute Gasteiger partial charge is 0.244 e. The first-order valence-corrected chi connectivity index (χ1v) is 8.47. The summed E-state index contributed by atoms with van der Waals surface area (Å²) in [6.45, 7) is 6.08. The van der Waals surface area contributed by atoms with Gasteiger partial charge in [-0.2, -0.15) is 0 Å². The van der Waals surface area contributed by atoms with Gasteiger partial charge in [0.05, 0.1) is 0 Å². The lowest BCUT2D eigenvalue weighted by molar-refractivity contribution is -0.116. The van der Waals surface area contributed by atoms with E-state index in [1.54, 1.807) is 6.20 Å². The highest BCUT2D eigenvalue weighted by molar-refractivity contribution is 6.08. The second kappa shape index (κ2) is 6.93. The zero-order valence-corrected chi connectivity index (χ0v) is 14.8. The molecule has 0 atom stereocenters. The first-order valence-electron chi connectivity index (χ1n) is 8.47. The molecule has 1 N–H and O–H groups in total. The molecule has 25 heavy (non-hydrogen) atoms. The van der Waals surface area contributed by atoms with Gasteiger partial charge in [-0.1, -0.05) is 31.2 Å². The van der Waals surface area contributed by atoms with E-state index in [9.17, 15) is 9.59 Å². The van der Waals surface area contributed by atoms with Crippen LogP contribution in [0.1, 0.15) is 34.8 Å². The number of ketones is 1. The maximum absolute atomic E-state index is 12.5. The van der Waals surface area contributed by atoms with Gasteiger partial charge in [-0.3, -0.25) is 9.59 Å². The van der Waals surface area contributed by atoms with Gasteiger partial charge < -0.3 is 9.88 Å². The van der Waals surface area contributed by atoms with Gasteiger partial charge in [0.25, 0.3) is 0 Å². The number of anilines is 1. The van der Waals surface area contributed by atoms with E-state index in [-0.39, 0.29) is 18.2 Å². The lowest BCUT2D eigenvalue weighted by atomic mass is 10.1. The first-order chi connectivity index (χ1) is 12.0. The molecule has 4 nitrogen and oxygen atoms in total. The van der Waals surface area contributed by atoms with E-state index in [2.05, 4.69) is 5.32 Å². The summed E-state index contributed by atoms with van der Waals surface area (Å²) in [5, 5.41) is 3.83. The first kappa shape index (κ1) is 17.0. The van der Waals surface area contributed by atoms with Gasteiger partial charge in [-0.25, -0.2) is 0 Å². The molecule has 3 aromatic rings. The largest absolute Gasteiger partial charge is 0.337 e. The number of benzene rings is 2. The van der Waals surface area contributed by atoms with Crippen molar-refractivity contribution in [3.8, 4) is 0 Å². The van der Waals surface area contributed by atoms with E-state index in [0.717, 1.165) is 22.2 Å². The Morgan fingerprint density at radius 2 is 1.80 bits per heavy atom. The van der Waals surface area contributed by atoms with Crippen LogP contribution in [0.25, 0.3) is 10.9 Å². The van der Waals surface area contributed by atoms with Crippen LogP contribution in [0, 0.1) is 13.8 Å². The normalized spacial score (nSPS) is 10.8. The quantitative estimate of drug-likeness (QED) is 0.699. The molecule has 1 aromatic heterocycles. The predicted molar refractivity (Wildman–Crippen MR) is 101 cm³/mol. The fourth-order valence-electron chi connectivity index (χ4n) is 2.96. The highest BCUT2D eigenvalue weighted by Crippen LogP contribution is 2.23. The number of carbonyl (C=O) groups excluding carboxylic acids is 2. The van der Waals surface area contributed by atoms with Crippen molar-refractivity contribution in [2.24, 2.45) is 0 Å². The minimum atomic E-state index is -0.112. The molecule has 4 heteroatoms. The molecule has 1 amide bonds. The summed E-state index contributed by atoms with van der Waals surface area (Å²) in [4.78, 5) is 24.6. The number of hydrogen-bond donors (Lipinski definition) is 1. The zero-order valence-electron chi connectivity index (χ0n) is 14.8. The number of para-hydroxylation sites is 1. The van der Waals surface area contributed by atoms with E-state index >= 15 is 0 Å². The minimum Gasteiger partial charge on any atom is -0.337 e. The van der Waals surface area contributed by atoms with E-state index < -0.39 is 0 Å². The van der Waals surface area contributed by atoms with Gasteiger partial charge in [-0.05, 0) is 43.2 Å². The van der Waals surface area contributed by atoms with Crippen molar-refractivity contribution in [2.45, 2.75) is 33.7 Å². The van der Waals surface area contributed by atoms with Crippen LogP contribution in [0.2, 0.25) is 0 Å². The molecule has 0 saturated heterocycles. The Hall–Kier alpha value is -2.88. The zero-order chi connectivity index (χ0) is 18.0. The molecule has 0 saturated carbocycles. The highest BCUT2D eigenvalue weighted by atomic mass is 16.2. The number of carbonyl (C=O) groups is 2. The van der Waals surface area contributed by atoms with Gasteiger partial charge in [0.2, 0.25) is 5.91 Å².